The van der Waals surface area contributed by atoms with E-state index < -0.39 is 0 Å². The maximum atomic E-state index is 13.1. The molecule has 0 aromatic heterocycles. The molecule has 1 heterocycles. The minimum atomic E-state index is -0.247. The van der Waals surface area contributed by atoms with Crippen LogP contribution in [0.2, 0.25) is 5.02 Å². The van der Waals surface area contributed by atoms with Gasteiger partial charge in [-0.2, -0.15) is 0 Å². The van der Waals surface area contributed by atoms with E-state index in [0.29, 0.717) is 23.5 Å². The Labute approximate surface area is 106 Å². The minimum Gasteiger partial charge on any atom is -0.381 e. The molecule has 0 bridgehead atoms. The Morgan fingerprint density at radius 2 is 2.41 bits per heavy atom. The van der Waals surface area contributed by atoms with Crippen LogP contribution in [0.15, 0.2) is 18.2 Å². The first-order chi connectivity index (χ1) is 8.16. The Kier molecular flexibility index (Phi) is 4.37. The van der Waals surface area contributed by atoms with Crippen molar-refractivity contribution in [3.63, 3.8) is 0 Å². The topological polar surface area (TPSA) is 21.3 Å². The Morgan fingerprint density at radius 1 is 1.59 bits per heavy atom. The van der Waals surface area contributed by atoms with Crippen LogP contribution in [0, 0.1) is 11.7 Å². The average Bonchev–Trinajstić information content (AvgIpc) is 2.83. The van der Waals surface area contributed by atoms with Crippen molar-refractivity contribution in [1.82, 2.24) is 5.32 Å². The Balaban J connectivity index is 1.90. The molecule has 17 heavy (non-hydrogen) atoms. The molecule has 94 valence electrons. The summed E-state index contributed by atoms with van der Waals surface area (Å²) in [7, 11) is 0. The fourth-order valence-corrected chi connectivity index (χ4v) is 2.25. The number of halogens is 2. The van der Waals surface area contributed by atoms with Crippen LogP contribution >= 0.6 is 11.6 Å². The molecule has 0 spiro atoms. The number of hydrogen-bond acceptors (Lipinski definition) is 2. The summed E-state index contributed by atoms with van der Waals surface area (Å²) >= 11 is 6.01. The van der Waals surface area contributed by atoms with Crippen LogP contribution in [0.3, 0.4) is 0 Å². The summed E-state index contributed by atoms with van der Waals surface area (Å²) in [5.74, 6) is 0.297. The largest absolute Gasteiger partial charge is 0.381 e. The van der Waals surface area contributed by atoms with Crippen molar-refractivity contribution in [2.75, 3.05) is 13.2 Å². The van der Waals surface area contributed by atoms with Crippen molar-refractivity contribution in [2.45, 2.75) is 25.9 Å². The van der Waals surface area contributed by atoms with Gasteiger partial charge in [-0.1, -0.05) is 11.6 Å². The molecule has 0 saturated carbocycles. The highest BCUT2D eigenvalue weighted by atomic mass is 35.5. The molecule has 2 nitrogen and oxygen atoms in total. The first-order valence-electron chi connectivity index (χ1n) is 5.92. The molecule has 1 aromatic rings. The van der Waals surface area contributed by atoms with E-state index in [1.807, 2.05) is 0 Å². The monoisotopic (exact) mass is 257 g/mol. The van der Waals surface area contributed by atoms with Crippen LogP contribution in [0.5, 0.6) is 0 Å². The lowest BCUT2D eigenvalue weighted by atomic mass is 10.0. The molecule has 1 aliphatic heterocycles. The standard InChI is InChI=1S/C13H17ClFNO/c1-9(10-4-5-17-8-10)16-7-11-6-12(15)2-3-13(11)14/h2-3,6,9-10,16H,4-5,7-8H2,1H3. The van der Waals surface area contributed by atoms with Crippen molar-refractivity contribution >= 4 is 11.6 Å². The Morgan fingerprint density at radius 3 is 3.12 bits per heavy atom. The van der Waals surface area contributed by atoms with Gasteiger partial charge in [0.15, 0.2) is 0 Å². The van der Waals surface area contributed by atoms with Crippen molar-refractivity contribution in [2.24, 2.45) is 5.92 Å². The van der Waals surface area contributed by atoms with Gasteiger partial charge in [-0.05, 0) is 43.0 Å². The van der Waals surface area contributed by atoms with Gasteiger partial charge in [-0.15, -0.1) is 0 Å². The Hall–Kier alpha value is -0.640. The number of nitrogens with one attached hydrogen (secondary N) is 1. The van der Waals surface area contributed by atoms with E-state index in [9.17, 15) is 4.39 Å². The molecule has 0 aliphatic carbocycles. The van der Waals surface area contributed by atoms with Crippen LogP contribution in [0.25, 0.3) is 0 Å². The lowest BCUT2D eigenvalue weighted by molar-refractivity contribution is 0.178. The number of hydrogen-bond donors (Lipinski definition) is 1. The minimum absolute atomic E-state index is 0.247. The van der Waals surface area contributed by atoms with Gasteiger partial charge in [0, 0.05) is 24.2 Å². The van der Waals surface area contributed by atoms with Gasteiger partial charge in [0.05, 0.1) is 6.61 Å². The van der Waals surface area contributed by atoms with Crippen LogP contribution in [0.1, 0.15) is 18.9 Å². The molecule has 1 N–H and O–H groups in total. The molecule has 2 rings (SSSR count). The van der Waals surface area contributed by atoms with Gasteiger partial charge in [0.2, 0.25) is 0 Å². The fourth-order valence-electron chi connectivity index (χ4n) is 2.06. The summed E-state index contributed by atoms with van der Waals surface area (Å²) in [5.41, 5.74) is 0.803. The van der Waals surface area contributed by atoms with Crippen molar-refractivity contribution in [3.8, 4) is 0 Å². The van der Waals surface area contributed by atoms with Gasteiger partial charge >= 0.3 is 0 Å². The van der Waals surface area contributed by atoms with E-state index >= 15 is 0 Å². The predicted molar refractivity (Wildman–Crippen MR) is 66.6 cm³/mol. The van der Waals surface area contributed by atoms with E-state index in [1.165, 1.54) is 12.1 Å². The van der Waals surface area contributed by atoms with Gasteiger partial charge in [0.25, 0.3) is 0 Å². The molecule has 2 unspecified atom stereocenters. The molecule has 0 radical (unpaired) electrons. The molecule has 0 amide bonds. The Bertz CT molecular complexity index is 380. The van der Waals surface area contributed by atoms with Gasteiger partial charge < -0.3 is 10.1 Å². The van der Waals surface area contributed by atoms with Crippen LogP contribution in [-0.2, 0) is 11.3 Å². The molecule has 1 aliphatic rings. The summed E-state index contributed by atoms with van der Waals surface area (Å²) < 4.78 is 18.4. The van der Waals surface area contributed by atoms with E-state index in [-0.39, 0.29) is 5.82 Å². The smallest absolute Gasteiger partial charge is 0.123 e. The fraction of sp³-hybridized carbons (Fsp3) is 0.538. The number of benzene rings is 1. The van der Waals surface area contributed by atoms with Crippen molar-refractivity contribution in [1.29, 1.82) is 0 Å². The second kappa shape index (κ2) is 5.80. The van der Waals surface area contributed by atoms with Gasteiger partial charge in [0.1, 0.15) is 5.82 Å². The SMILES string of the molecule is CC(NCc1cc(F)ccc1Cl)C1CCOC1. The van der Waals surface area contributed by atoms with E-state index in [1.54, 1.807) is 6.07 Å². The van der Waals surface area contributed by atoms with E-state index in [2.05, 4.69) is 12.2 Å². The number of rotatable bonds is 4. The summed E-state index contributed by atoms with van der Waals surface area (Å²) in [4.78, 5) is 0. The second-order valence-corrected chi connectivity index (χ2v) is 4.94. The normalized spacial score (nSPS) is 21.7. The first-order valence-corrected chi connectivity index (χ1v) is 6.29. The van der Waals surface area contributed by atoms with E-state index in [4.69, 9.17) is 16.3 Å². The van der Waals surface area contributed by atoms with Gasteiger partial charge in [-0.3, -0.25) is 0 Å². The highest BCUT2D eigenvalue weighted by Crippen LogP contribution is 2.19. The zero-order valence-corrected chi connectivity index (χ0v) is 10.6. The molecule has 2 atom stereocenters. The third-order valence-corrected chi connectivity index (χ3v) is 3.66. The molecule has 4 heteroatoms. The highest BCUT2D eigenvalue weighted by molar-refractivity contribution is 6.31. The van der Waals surface area contributed by atoms with Crippen molar-refractivity contribution in [3.05, 3.63) is 34.6 Å². The molecule has 1 saturated heterocycles. The third-order valence-electron chi connectivity index (χ3n) is 3.29. The molecule has 1 aromatic carbocycles. The predicted octanol–water partition coefficient (Wildman–Crippen LogP) is 2.99. The average molecular weight is 258 g/mol. The van der Waals surface area contributed by atoms with Gasteiger partial charge in [-0.25, -0.2) is 4.39 Å². The zero-order chi connectivity index (χ0) is 12.3. The molecular weight excluding hydrogens is 241 g/mol. The lowest BCUT2D eigenvalue weighted by Crippen LogP contribution is -2.33. The first kappa shape index (κ1) is 12.8. The zero-order valence-electron chi connectivity index (χ0n) is 9.88. The van der Waals surface area contributed by atoms with Crippen LogP contribution < -0.4 is 5.32 Å². The second-order valence-electron chi connectivity index (χ2n) is 4.53. The number of ether oxygens (including phenoxy) is 1. The van der Waals surface area contributed by atoms with Crippen LogP contribution in [0.4, 0.5) is 4.39 Å². The summed E-state index contributed by atoms with van der Waals surface area (Å²) in [5, 5.41) is 3.98. The van der Waals surface area contributed by atoms with E-state index in [0.717, 1.165) is 25.2 Å². The lowest BCUT2D eigenvalue weighted by Gasteiger charge is -2.19. The summed E-state index contributed by atoms with van der Waals surface area (Å²) in [6, 6.07) is 4.81. The molecule has 1 fully saturated rings. The van der Waals surface area contributed by atoms with Crippen LogP contribution in [-0.4, -0.2) is 19.3 Å². The summed E-state index contributed by atoms with van der Waals surface area (Å²) in [6.45, 7) is 4.38. The third kappa shape index (κ3) is 3.41. The summed E-state index contributed by atoms with van der Waals surface area (Å²) in [6.07, 6.45) is 1.09. The highest BCUT2D eigenvalue weighted by Gasteiger charge is 2.21. The maximum Gasteiger partial charge on any atom is 0.123 e. The van der Waals surface area contributed by atoms with Crippen molar-refractivity contribution < 1.29 is 9.13 Å². The molecular formula is C13H17ClFNO. The maximum absolute atomic E-state index is 13.1. The quantitative estimate of drug-likeness (QED) is 0.895.